The van der Waals surface area contributed by atoms with Gasteiger partial charge in [-0.15, -0.1) is 0 Å². The molecule has 80 valence electrons. The fourth-order valence-corrected chi connectivity index (χ4v) is 1.18. The number of pyridine rings is 1. The summed E-state index contributed by atoms with van der Waals surface area (Å²) < 4.78 is 4.96. The molecule has 0 aliphatic rings. The average Bonchev–Trinajstić information content (AvgIpc) is 2.17. The molecule has 0 saturated heterocycles. The van der Waals surface area contributed by atoms with Crippen molar-refractivity contribution in [1.82, 2.24) is 4.98 Å². The Morgan fingerprint density at radius 1 is 1.33 bits per heavy atom. The number of hydrogen-bond donors (Lipinski definition) is 0. The normalized spacial score (nSPS) is 11.9. The predicted octanol–water partition coefficient (Wildman–Crippen LogP) is 1.91. The molecule has 1 aromatic heterocycles. The Kier molecular flexibility index (Phi) is 3.55. The van der Waals surface area contributed by atoms with E-state index in [1.165, 1.54) is 13.8 Å². The van der Waals surface area contributed by atoms with Crippen molar-refractivity contribution in [3.8, 4) is 0 Å². The van der Waals surface area contributed by atoms with E-state index in [0.717, 1.165) is 0 Å². The number of rotatable bonds is 3. The molecule has 0 aromatic carbocycles. The van der Waals surface area contributed by atoms with Gasteiger partial charge in [0.15, 0.2) is 5.78 Å². The van der Waals surface area contributed by atoms with Crippen LogP contribution in [0.5, 0.6) is 0 Å². The summed E-state index contributed by atoms with van der Waals surface area (Å²) >= 11 is 0. The summed E-state index contributed by atoms with van der Waals surface area (Å²) in [5.41, 5.74) is 0.962. The number of aromatic nitrogens is 1. The largest absolute Gasteiger partial charge is 0.456 e. The molecule has 4 heteroatoms. The molecule has 1 unspecified atom stereocenters. The van der Waals surface area contributed by atoms with Crippen LogP contribution >= 0.6 is 0 Å². The lowest BCUT2D eigenvalue weighted by atomic mass is 10.2. The van der Waals surface area contributed by atoms with Crippen molar-refractivity contribution in [2.24, 2.45) is 0 Å². The maximum absolute atomic E-state index is 11.1. The van der Waals surface area contributed by atoms with Gasteiger partial charge in [0.05, 0.1) is 5.69 Å². The Balaban J connectivity index is 2.89. The zero-order valence-electron chi connectivity index (χ0n) is 8.98. The highest BCUT2D eigenvalue weighted by molar-refractivity contribution is 5.92. The molecule has 0 radical (unpaired) electrons. The highest BCUT2D eigenvalue weighted by Crippen LogP contribution is 2.14. The molecular formula is C11H13NO3. The van der Waals surface area contributed by atoms with Crippen LogP contribution in [0.15, 0.2) is 18.2 Å². The molecule has 0 bridgehead atoms. The Bertz CT molecular complexity index is 387. The van der Waals surface area contributed by atoms with Gasteiger partial charge in [0.2, 0.25) is 0 Å². The summed E-state index contributed by atoms with van der Waals surface area (Å²) in [6.07, 6.45) is -0.429. The van der Waals surface area contributed by atoms with Crippen molar-refractivity contribution in [1.29, 1.82) is 0 Å². The van der Waals surface area contributed by atoms with E-state index in [1.54, 1.807) is 25.1 Å². The Morgan fingerprint density at radius 3 is 2.53 bits per heavy atom. The van der Waals surface area contributed by atoms with E-state index >= 15 is 0 Å². The highest BCUT2D eigenvalue weighted by Gasteiger charge is 2.11. The molecule has 1 atom stereocenters. The SMILES string of the molecule is CC(=O)OC(C)c1cccc(C(C)=O)n1. The van der Waals surface area contributed by atoms with Crippen LogP contribution in [0.2, 0.25) is 0 Å². The van der Waals surface area contributed by atoms with E-state index in [4.69, 9.17) is 4.74 Å². The minimum Gasteiger partial charge on any atom is -0.456 e. The van der Waals surface area contributed by atoms with Crippen molar-refractivity contribution >= 4 is 11.8 Å². The number of carbonyl (C=O) groups is 2. The van der Waals surface area contributed by atoms with Gasteiger partial charge in [-0.3, -0.25) is 9.59 Å². The van der Waals surface area contributed by atoms with Gasteiger partial charge in [0.1, 0.15) is 11.8 Å². The lowest BCUT2D eigenvalue weighted by Crippen LogP contribution is -2.08. The van der Waals surface area contributed by atoms with Gasteiger partial charge in [-0.25, -0.2) is 4.98 Å². The first-order valence-corrected chi connectivity index (χ1v) is 4.66. The maximum Gasteiger partial charge on any atom is 0.303 e. The van der Waals surface area contributed by atoms with E-state index < -0.39 is 6.10 Å². The van der Waals surface area contributed by atoms with Crippen molar-refractivity contribution in [2.45, 2.75) is 26.9 Å². The van der Waals surface area contributed by atoms with Crippen LogP contribution in [-0.2, 0) is 9.53 Å². The molecule has 1 rings (SSSR count). The summed E-state index contributed by atoms with van der Waals surface area (Å²) in [6, 6.07) is 5.07. The molecule has 0 aliphatic heterocycles. The van der Waals surface area contributed by atoms with Crippen LogP contribution in [0.3, 0.4) is 0 Å². The predicted molar refractivity (Wildman–Crippen MR) is 54.4 cm³/mol. The zero-order chi connectivity index (χ0) is 11.4. The van der Waals surface area contributed by atoms with Crippen molar-refractivity contribution in [3.05, 3.63) is 29.6 Å². The summed E-state index contributed by atoms with van der Waals surface area (Å²) in [7, 11) is 0. The quantitative estimate of drug-likeness (QED) is 0.561. The summed E-state index contributed by atoms with van der Waals surface area (Å²) in [4.78, 5) is 25.9. The number of nitrogens with zero attached hydrogens (tertiary/aromatic N) is 1. The molecular weight excluding hydrogens is 194 g/mol. The molecule has 15 heavy (non-hydrogen) atoms. The minimum absolute atomic E-state index is 0.105. The molecule has 1 aromatic rings. The summed E-state index contributed by atoms with van der Waals surface area (Å²) in [5, 5.41) is 0. The average molecular weight is 207 g/mol. The molecule has 0 N–H and O–H groups in total. The number of ether oxygens (including phenoxy) is 1. The van der Waals surface area contributed by atoms with Gasteiger partial charge in [-0.1, -0.05) is 6.07 Å². The fourth-order valence-electron chi connectivity index (χ4n) is 1.18. The molecule has 0 saturated carbocycles. The minimum atomic E-state index is -0.429. The second-order valence-electron chi connectivity index (χ2n) is 3.26. The van der Waals surface area contributed by atoms with E-state index in [0.29, 0.717) is 11.4 Å². The van der Waals surface area contributed by atoms with Crippen LogP contribution in [0.25, 0.3) is 0 Å². The van der Waals surface area contributed by atoms with E-state index in [-0.39, 0.29) is 11.8 Å². The van der Waals surface area contributed by atoms with Gasteiger partial charge < -0.3 is 4.74 Å². The van der Waals surface area contributed by atoms with Gasteiger partial charge in [0, 0.05) is 13.8 Å². The lowest BCUT2D eigenvalue weighted by molar-refractivity contribution is -0.145. The molecule has 0 fully saturated rings. The zero-order valence-corrected chi connectivity index (χ0v) is 8.98. The van der Waals surface area contributed by atoms with Crippen LogP contribution in [0.1, 0.15) is 43.1 Å². The van der Waals surface area contributed by atoms with Crippen LogP contribution in [0.4, 0.5) is 0 Å². The van der Waals surface area contributed by atoms with Crippen molar-refractivity contribution in [2.75, 3.05) is 0 Å². The number of esters is 1. The molecule has 0 amide bonds. The third-order valence-electron chi connectivity index (χ3n) is 1.89. The maximum atomic E-state index is 11.1. The lowest BCUT2D eigenvalue weighted by Gasteiger charge is -2.11. The van der Waals surface area contributed by atoms with Crippen molar-refractivity contribution in [3.63, 3.8) is 0 Å². The number of ketones is 1. The molecule has 0 aliphatic carbocycles. The third kappa shape index (κ3) is 3.16. The van der Waals surface area contributed by atoms with Gasteiger partial charge in [-0.05, 0) is 19.1 Å². The topological polar surface area (TPSA) is 56.3 Å². The van der Waals surface area contributed by atoms with Crippen LogP contribution < -0.4 is 0 Å². The first kappa shape index (κ1) is 11.4. The summed E-state index contributed by atoms with van der Waals surface area (Å²) in [5.74, 6) is -0.468. The summed E-state index contributed by atoms with van der Waals surface area (Å²) in [6.45, 7) is 4.50. The number of carbonyl (C=O) groups excluding carboxylic acids is 2. The van der Waals surface area contributed by atoms with E-state index in [9.17, 15) is 9.59 Å². The number of Topliss-reactive ketones (excluding diaryl/α,β-unsaturated/α-hetero) is 1. The monoisotopic (exact) mass is 207 g/mol. The number of hydrogen-bond acceptors (Lipinski definition) is 4. The Morgan fingerprint density at radius 2 is 2.00 bits per heavy atom. The first-order valence-electron chi connectivity index (χ1n) is 4.66. The van der Waals surface area contributed by atoms with Crippen molar-refractivity contribution < 1.29 is 14.3 Å². The van der Waals surface area contributed by atoms with Gasteiger partial charge in [-0.2, -0.15) is 0 Å². The Labute approximate surface area is 88.3 Å². The second-order valence-corrected chi connectivity index (χ2v) is 3.26. The van der Waals surface area contributed by atoms with Gasteiger partial charge >= 0.3 is 5.97 Å². The second kappa shape index (κ2) is 4.68. The van der Waals surface area contributed by atoms with Gasteiger partial charge in [0.25, 0.3) is 0 Å². The molecule has 1 heterocycles. The Hall–Kier alpha value is -1.71. The first-order chi connectivity index (χ1) is 7.00. The molecule has 0 spiro atoms. The molecule has 4 nitrogen and oxygen atoms in total. The third-order valence-corrected chi connectivity index (χ3v) is 1.89. The fraction of sp³-hybridized carbons (Fsp3) is 0.364. The van der Waals surface area contributed by atoms with Crippen LogP contribution in [-0.4, -0.2) is 16.7 Å². The van der Waals surface area contributed by atoms with Crippen LogP contribution in [0, 0.1) is 0 Å². The highest BCUT2D eigenvalue weighted by atomic mass is 16.5. The van der Waals surface area contributed by atoms with E-state index in [1.807, 2.05) is 0 Å². The van der Waals surface area contributed by atoms with E-state index in [2.05, 4.69) is 4.98 Å². The smallest absolute Gasteiger partial charge is 0.303 e. The standard InChI is InChI=1S/C11H13NO3/c1-7(13)10-5-4-6-11(12-10)8(2)15-9(3)14/h4-6,8H,1-3H3.